The van der Waals surface area contributed by atoms with Crippen LogP contribution in [0.4, 0.5) is 5.00 Å². The molecule has 3 rings (SSSR count). The average Bonchev–Trinajstić information content (AvgIpc) is 2.85. The van der Waals surface area contributed by atoms with Gasteiger partial charge >= 0.3 is 5.97 Å². The molecule has 0 aliphatic heterocycles. The van der Waals surface area contributed by atoms with Crippen LogP contribution < -0.4 is 5.32 Å². The summed E-state index contributed by atoms with van der Waals surface area (Å²) >= 11 is 8.38. The lowest BCUT2D eigenvalue weighted by Gasteiger charge is -2.13. The molecule has 1 aliphatic carbocycles. The van der Waals surface area contributed by atoms with E-state index in [2.05, 4.69) is 37.2 Å². The highest BCUT2D eigenvalue weighted by Crippen LogP contribution is 2.66. The molecule has 0 unspecified atom stereocenters. The Labute approximate surface area is 154 Å². The second-order valence-electron chi connectivity index (χ2n) is 5.69. The number of thiophene rings is 1. The van der Waals surface area contributed by atoms with Gasteiger partial charge in [-0.15, -0.1) is 11.3 Å². The molecule has 1 atom stereocenters. The van der Waals surface area contributed by atoms with Gasteiger partial charge in [0, 0.05) is 10.1 Å². The van der Waals surface area contributed by atoms with Crippen LogP contribution in [0.5, 0.6) is 0 Å². The lowest BCUT2D eigenvalue weighted by atomic mass is 10.1. The van der Waals surface area contributed by atoms with Crippen molar-refractivity contribution in [1.82, 2.24) is 0 Å². The first-order chi connectivity index (χ1) is 10.8. The van der Waals surface area contributed by atoms with Gasteiger partial charge < -0.3 is 10.1 Å². The third kappa shape index (κ3) is 2.83. The molecule has 1 aliphatic rings. The Hall–Kier alpha value is -0.920. The molecule has 1 amide bonds. The summed E-state index contributed by atoms with van der Waals surface area (Å²) in [6.45, 7) is 3.93. The number of anilines is 1. The molecule has 23 heavy (non-hydrogen) atoms. The van der Waals surface area contributed by atoms with Crippen LogP contribution in [-0.2, 0) is 9.53 Å². The minimum atomic E-state index is -0.547. The largest absolute Gasteiger partial charge is 0.462 e. The van der Waals surface area contributed by atoms with Gasteiger partial charge in [-0.3, -0.25) is 4.79 Å². The monoisotopic (exact) mass is 459 g/mol. The summed E-state index contributed by atoms with van der Waals surface area (Å²) in [5.41, 5.74) is -0.116. The van der Waals surface area contributed by atoms with Crippen molar-refractivity contribution >= 4 is 70.2 Å². The van der Waals surface area contributed by atoms with E-state index in [1.807, 2.05) is 31.2 Å². The molecule has 0 saturated heterocycles. The van der Waals surface area contributed by atoms with Crippen LogP contribution in [-0.4, -0.2) is 21.7 Å². The van der Waals surface area contributed by atoms with Crippen molar-refractivity contribution in [2.24, 2.45) is 5.41 Å². The normalized spacial score (nSPS) is 21.9. The number of carbonyl (C=O) groups excluding carboxylic acids is 2. The quantitative estimate of drug-likeness (QED) is 0.520. The van der Waals surface area contributed by atoms with Crippen molar-refractivity contribution in [3.63, 3.8) is 0 Å². The third-order valence-corrected chi connectivity index (χ3v) is 7.46. The van der Waals surface area contributed by atoms with Crippen LogP contribution in [0.2, 0.25) is 0 Å². The molecule has 0 bridgehead atoms. The van der Waals surface area contributed by atoms with Gasteiger partial charge in [0.1, 0.15) is 10.6 Å². The van der Waals surface area contributed by atoms with Crippen molar-refractivity contribution in [1.29, 1.82) is 0 Å². The van der Waals surface area contributed by atoms with Crippen molar-refractivity contribution < 1.29 is 14.3 Å². The standard InChI is InChI=1S/C16H15Br2NO3S/c1-3-22-13(20)11-9-6-4-5-7-10(9)23-12(11)19-14(21)15(2)8-16(15,17)18/h4-7H,3,8H2,1-2H3,(H,19,21)/t15-/m1/s1. The highest BCUT2D eigenvalue weighted by molar-refractivity contribution is 9.25. The lowest BCUT2D eigenvalue weighted by molar-refractivity contribution is -0.120. The summed E-state index contributed by atoms with van der Waals surface area (Å²) in [5.74, 6) is -0.534. The summed E-state index contributed by atoms with van der Waals surface area (Å²) in [6.07, 6.45) is 0.686. The smallest absolute Gasteiger partial charge is 0.341 e. The molecule has 1 aromatic heterocycles. The number of hydrogen-bond donors (Lipinski definition) is 1. The molecule has 1 fully saturated rings. The van der Waals surface area contributed by atoms with E-state index >= 15 is 0 Å². The Bertz CT molecular complexity index is 802. The minimum Gasteiger partial charge on any atom is -0.462 e. The number of nitrogens with one attached hydrogen (secondary N) is 1. The Morgan fingerprint density at radius 1 is 1.35 bits per heavy atom. The van der Waals surface area contributed by atoms with Crippen LogP contribution in [0, 0.1) is 5.41 Å². The van der Waals surface area contributed by atoms with Crippen molar-refractivity contribution in [2.45, 2.75) is 23.5 Å². The van der Waals surface area contributed by atoms with Gasteiger partial charge in [-0.25, -0.2) is 4.79 Å². The van der Waals surface area contributed by atoms with E-state index in [0.717, 1.165) is 10.1 Å². The first kappa shape index (κ1) is 16.9. The maximum absolute atomic E-state index is 12.6. The summed E-state index contributed by atoms with van der Waals surface area (Å²) in [4.78, 5) is 24.9. The highest BCUT2D eigenvalue weighted by atomic mass is 79.9. The van der Waals surface area contributed by atoms with E-state index in [1.165, 1.54) is 11.3 Å². The second kappa shape index (κ2) is 5.86. The van der Waals surface area contributed by atoms with Crippen LogP contribution in [0.1, 0.15) is 30.6 Å². The molecular weight excluding hydrogens is 446 g/mol. The molecule has 0 radical (unpaired) electrons. The lowest BCUT2D eigenvalue weighted by Crippen LogP contribution is -2.26. The van der Waals surface area contributed by atoms with Gasteiger partial charge in [0.05, 0.1) is 15.3 Å². The number of alkyl halides is 2. The topological polar surface area (TPSA) is 55.4 Å². The zero-order valence-electron chi connectivity index (χ0n) is 12.6. The number of hydrogen-bond acceptors (Lipinski definition) is 4. The fourth-order valence-electron chi connectivity index (χ4n) is 2.43. The van der Waals surface area contributed by atoms with Crippen LogP contribution in [0.15, 0.2) is 24.3 Å². The van der Waals surface area contributed by atoms with Gasteiger partial charge in [-0.1, -0.05) is 50.1 Å². The van der Waals surface area contributed by atoms with Gasteiger partial charge in [0.25, 0.3) is 0 Å². The zero-order valence-corrected chi connectivity index (χ0v) is 16.6. The summed E-state index contributed by atoms with van der Waals surface area (Å²) in [7, 11) is 0. The molecule has 1 saturated carbocycles. The van der Waals surface area contributed by atoms with Gasteiger partial charge in [-0.05, 0) is 26.3 Å². The van der Waals surface area contributed by atoms with Crippen molar-refractivity contribution in [3.8, 4) is 0 Å². The van der Waals surface area contributed by atoms with E-state index in [-0.39, 0.29) is 9.14 Å². The Kier molecular flexibility index (Phi) is 4.31. The van der Waals surface area contributed by atoms with Gasteiger partial charge in [0.2, 0.25) is 5.91 Å². The maximum Gasteiger partial charge on any atom is 0.341 e. The van der Waals surface area contributed by atoms with Crippen molar-refractivity contribution in [3.05, 3.63) is 29.8 Å². The van der Waals surface area contributed by atoms with Gasteiger partial charge in [-0.2, -0.15) is 0 Å². The van der Waals surface area contributed by atoms with Crippen LogP contribution in [0.25, 0.3) is 10.1 Å². The predicted molar refractivity (Wildman–Crippen MR) is 99.7 cm³/mol. The van der Waals surface area contributed by atoms with Crippen LogP contribution in [0.3, 0.4) is 0 Å². The number of ether oxygens (including phenoxy) is 1. The number of halogens is 2. The molecular formula is C16H15Br2NO3S. The molecule has 122 valence electrons. The van der Waals surface area contributed by atoms with Crippen LogP contribution >= 0.6 is 43.2 Å². The number of esters is 1. The number of benzene rings is 1. The minimum absolute atomic E-state index is 0.122. The van der Waals surface area contributed by atoms with E-state index in [9.17, 15) is 9.59 Å². The average molecular weight is 461 g/mol. The molecule has 2 aromatic rings. The summed E-state index contributed by atoms with van der Waals surface area (Å²) < 4.78 is 5.72. The number of fused-ring (bicyclic) bond motifs is 1. The molecule has 0 spiro atoms. The summed E-state index contributed by atoms with van der Waals surface area (Å²) in [5, 5.41) is 4.26. The predicted octanol–water partition coefficient (Wildman–Crippen LogP) is 4.91. The fourth-order valence-corrected chi connectivity index (χ4v) is 4.99. The second-order valence-corrected chi connectivity index (χ2v) is 10.5. The molecule has 1 aromatic carbocycles. The Morgan fingerprint density at radius 2 is 2.00 bits per heavy atom. The number of carbonyl (C=O) groups is 2. The SMILES string of the molecule is CCOC(=O)c1c(NC(=O)[C@@]2(C)CC2(Br)Br)sc2ccccc12. The highest BCUT2D eigenvalue weighted by Gasteiger charge is 2.66. The van der Waals surface area contributed by atoms with E-state index in [4.69, 9.17) is 4.74 Å². The maximum atomic E-state index is 12.6. The zero-order chi connectivity index (χ0) is 16.8. The number of rotatable bonds is 4. The Balaban J connectivity index is 1.99. The molecule has 1 N–H and O–H groups in total. The first-order valence-electron chi connectivity index (χ1n) is 7.18. The van der Waals surface area contributed by atoms with E-state index in [1.54, 1.807) is 6.92 Å². The first-order valence-corrected chi connectivity index (χ1v) is 9.58. The molecule has 7 heteroatoms. The van der Waals surface area contributed by atoms with Gasteiger partial charge in [0.15, 0.2) is 0 Å². The third-order valence-electron chi connectivity index (χ3n) is 4.06. The van der Waals surface area contributed by atoms with Crippen molar-refractivity contribution in [2.75, 3.05) is 11.9 Å². The molecule has 4 nitrogen and oxygen atoms in total. The summed E-state index contributed by atoms with van der Waals surface area (Å²) in [6, 6.07) is 7.57. The number of amides is 1. The Morgan fingerprint density at radius 3 is 2.61 bits per heavy atom. The molecule has 1 heterocycles. The van der Waals surface area contributed by atoms with E-state index in [0.29, 0.717) is 23.6 Å². The fraction of sp³-hybridized carbons (Fsp3) is 0.375. The van der Waals surface area contributed by atoms with E-state index < -0.39 is 11.4 Å².